The number of carboxylic acids is 1. The molecule has 5 rings (SSSR count). The van der Waals surface area contributed by atoms with Crippen LogP contribution in [0.1, 0.15) is 37.0 Å². The number of carbonyl (C=O) groups excluding carboxylic acids is 1. The average Bonchev–Trinajstić information content (AvgIpc) is 3.32. The predicted octanol–water partition coefficient (Wildman–Crippen LogP) is 6.16. The van der Waals surface area contributed by atoms with Crippen molar-refractivity contribution in [3.05, 3.63) is 67.5 Å². The molecular weight excluding hydrogens is 541 g/mol. The second kappa shape index (κ2) is 9.75. The van der Waals surface area contributed by atoms with Crippen molar-refractivity contribution >= 4 is 64.6 Å². The molecule has 0 spiro atoms. The number of ether oxygens (including phenoxy) is 1. The number of aliphatic carboxylic acids is 1. The molecule has 0 saturated heterocycles. The largest absolute Gasteiger partial charge is 0.481 e. The standard InChI is InChI=1S/C25H21Cl2N3O4S2/c1-13(16-5-3-4-6-17(16)26)34-24(33)29-22-14(12-28-30(22)2)7-8-15-11-18-20(35-15)19(27)21(36-18)25(9-10-25)23(31)32/h3-6,11-13,18,20H,9-10H2,1-2H3,(H,29,33)(H,31,32). The summed E-state index contributed by atoms with van der Waals surface area (Å²) in [6.45, 7) is 1.75. The summed E-state index contributed by atoms with van der Waals surface area (Å²) < 4.78 is 7.01. The summed E-state index contributed by atoms with van der Waals surface area (Å²) in [5.41, 5.74) is 0.455. The molecule has 2 N–H and O–H groups in total. The number of anilines is 1. The van der Waals surface area contributed by atoms with Crippen LogP contribution < -0.4 is 5.32 Å². The monoisotopic (exact) mass is 561 g/mol. The molecule has 3 heterocycles. The first-order chi connectivity index (χ1) is 17.2. The number of aryl methyl sites for hydroxylation is 1. The summed E-state index contributed by atoms with van der Waals surface area (Å²) in [7, 11) is 1.70. The number of hydrogen-bond acceptors (Lipinski definition) is 6. The van der Waals surface area contributed by atoms with Crippen LogP contribution in [0.5, 0.6) is 0 Å². The lowest BCUT2D eigenvalue weighted by atomic mass is 10.1. The van der Waals surface area contributed by atoms with Gasteiger partial charge < -0.3 is 9.84 Å². The summed E-state index contributed by atoms with van der Waals surface area (Å²) in [6.07, 6.45) is 3.69. The van der Waals surface area contributed by atoms with Crippen molar-refractivity contribution in [3.8, 4) is 11.8 Å². The maximum Gasteiger partial charge on any atom is 0.413 e. The summed E-state index contributed by atoms with van der Waals surface area (Å²) in [6, 6.07) is 7.19. The summed E-state index contributed by atoms with van der Waals surface area (Å²) in [5, 5.41) is 17.7. The lowest BCUT2D eigenvalue weighted by molar-refractivity contribution is -0.141. The van der Waals surface area contributed by atoms with Gasteiger partial charge in [0.1, 0.15) is 11.9 Å². The van der Waals surface area contributed by atoms with E-state index in [1.165, 1.54) is 28.2 Å². The van der Waals surface area contributed by atoms with Gasteiger partial charge >= 0.3 is 12.1 Å². The van der Waals surface area contributed by atoms with Crippen molar-refractivity contribution in [2.45, 2.75) is 36.4 Å². The molecule has 2 aromatic rings. The lowest BCUT2D eigenvalue weighted by Crippen LogP contribution is -2.18. The van der Waals surface area contributed by atoms with Crippen LogP contribution in [0.25, 0.3) is 0 Å². The van der Waals surface area contributed by atoms with Gasteiger partial charge in [0.2, 0.25) is 0 Å². The molecule has 1 fully saturated rings. The quantitative estimate of drug-likeness (QED) is 0.422. The Kier molecular flexibility index (Phi) is 6.81. The summed E-state index contributed by atoms with van der Waals surface area (Å²) >= 11 is 15.9. The van der Waals surface area contributed by atoms with Gasteiger partial charge in [0, 0.05) is 32.8 Å². The molecule has 3 atom stereocenters. The molecule has 1 amide bonds. The fourth-order valence-corrected chi connectivity index (χ4v) is 8.11. The number of nitrogens with zero attached hydrogens (tertiary/aromatic N) is 2. The number of amides is 1. The Morgan fingerprint density at radius 3 is 2.69 bits per heavy atom. The molecular formula is C25H21Cl2N3O4S2. The third kappa shape index (κ3) is 4.63. The predicted molar refractivity (Wildman–Crippen MR) is 143 cm³/mol. The van der Waals surface area contributed by atoms with Gasteiger partial charge in [-0.3, -0.25) is 14.8 Å². The third-order valence-corrected chi connectivity index (χ3v) is 10.3. The number of allylic oxidation sites excluding steroid dienone is 1. The first kappa shape index (κ1) is 25.2. The van der Waals surface area contributed by atoms with E-state index >= 15 is 0 Å². The highest BCUT2D eigenvalue weighted by atomic mass is 35.5. The zero-order valence-corrected chi connectivity index (χ0v) is 22.4. The van der Waals surface area contributed by atoms with Gasteiger partial charge in [-0.15, -0.1) is 23.5 Å². The highest BCUT2D eigenvalue weighted by Crippen LogP contribution is 2.64. The molecule has 3 aliphatic rings. The number of carboxylic acid groups (broad SMARTS) is 1. The Hall–Kier alpha value is -2.51. The molecule has 1 aromatic carbocycles. The summed E-state index contributed by atoms with van der Waals surface area (Å²) in [4.78, 5) is 25.9. The van der Waals surface area contributed by atoms with E-state index in [-0.39, 0.29) is 10.5 Å². The first-order valence-electron chi connectivity index (χ1n) is 11.1. The fraction of sp³-hybridized carbons (Fsp3) is 0.320. The van der Waals surface area contributed by atoms with E-state index in [2.05, 4.69) is 22.3 Å². The van der Waals surface area contributed by atoms with Crippen molar-refractivity contribution < 1.29 is 19.4 Å². The van der Waals surface area contributed by atoms with E-state index < -0.39 is 23.6 Å². The van der Waals surface area contributed by atoms with Crippen molar-refractivity contribution in [1.82, 2.24) is 9.78 Å². The fourth-order valence-electron chi connectivity index (χ4n) is 4.13. The SMILES string of the molecule is CC(OC(=O)Nc1c(C#CC2=CC3SC(C4(C(=O)O)CC4)=C(Cl)C3S2)cnn1C)c1ccccc1Cl. The maximum atomic E-state index is 12.6. The molecule has 0 radical (unpaired) electrons. The Balaban J connectivity index is 1.25. The minimum Gasteiger partial charge on any atom is -0.481 e. The molecule has 2 aliphatic heterocycles. The zero-order valence-electron chi connectivity index (χ0n) is 19.2. The highest BCUT2D eigenvalue weighted by molar-refractivity contribution is 8.09. The van der Waals surface area contributed by atoms with Gasteiger partial charge in [-0.2, -0.15) is 5.10 Å². The van der Waals surface area contributed by atoms with E-state index in [0.717, 1.165) is 9.81 Å². The number of carbonyl (C=O) groups is 2. The minimum absolute atomic E-state index is 0.0273. The van der Waals surface area contributed by atoms with Crippen molar-refractivity contribution in [2.24, 2.45) is 12.5 Å². The average molecular weight is 563 g/mol. The minimum atomic E-state index is -0.798. The van der Waals surface area contributed by atoms with E-state index in [0.29, 0.717) is 39.8 Å². The molecule has 36 heavy (non-hydrogen) atoms. The molecule has 1 saturated carbocycles. The molecule has 186 valence electrons. The highest BCUT2D eigenvalue weighted by Gasteiger charge is 2.58. The number of fused-ring (bicyclic) bond motifs is 1. The van der Waals surface area contributed by atoms with Crippen molar-refractivity contribution in [1.29, 1.82) is 0 Å². The molecule has 0 bridgehead atoms. The number of hydrogen-bond donors (Lipinski definition) is 2. The summed E-state index contributed by atoms with van der Waals surface area (Å²) in [5.74, 6) is 5.83. The topological polar surface area (TPSA) is 93.4 Å². The van der Waals surface area contributed by atoms with Crippen LogP contribution in [0.3, 0.4) is 0 Å². The van der Waals surface area contributed by atoms with E-state index in [1.807, 2.05) is 18.2 Å². The molecule has 1 aromatic heterocycles. The number of halogens is 2. The van der Waals surface area contributed by atoms with E-state index in [9.17, 15) is 14.7 Å². The second-order valence-corrected chi connectivity index (χ2v) is 11.9. The van der Waals surface area contributed by atoms with Crippen LogP contribution in [0.4, 0.5) is 10.6 Å². The Bertz CT molecular complexity index is 1390. The van der Waals surface area contributed by atoms with E-state index in [1.54, 1.807) is 32.3 Å². The molecule has 1 aliphatic carbocycles. The number of benzene rings is 1. The van der Waals surface area contributed by atoms with Gasteiger partial charge in [0.25, 0.3) is 0 Å². The van der Waals surface area contributed by atoms with E-state index in [4.69, 9.17) is 27.9 Å². The van der Waals surface area contributed by atoms with Crippen LogP contribution in [0.15, 0.2) is 51.4 Å². The van der Waals surface area contributed by atoms with Crippen molar-refractivity contribution in [2.75, 3.05) is 5.32 Å². The lowest BCUT2D eigenvalue weighted by Gasteiger charge is -2.15. The van der Waals surface area contributed by atoms with Crippen LogP contribution in [-0.4, -0.2) is 37.4 Å². The number of aromatic nitrogens is 2. The van der Waals surface area contributed by atoms with Gasteiger partial charge in [-0.05, 0) is 31.9 Å². The van der Waals surface area contributed by atoms with Gasteiger partial charge in [0.05, 0.1) is 27.3 Å². The third-order valence-electron chi connectivity index (χ3n) is 6.29. The Morgan fingerprint density at radius 2 is 2.03 bits per heavy atom. The van der Waals surface area contributed by atoms with Crippen LogP contribution in [0.2, 0.25) is 5.02 Å². The first-order valence-corrected chi connectivity index (χ1v) is 13.7. The normalized spacial score (nSPS) is 22.3. The number of rotatable bonds is 5. The molecule has 11 heteroatoms. The molecule has 7 nitrogen and oxygen atoms in total. The van der Waals surface area contributed by atoms with Gasteiger partial charge in [-0.25, -0.2) is 4.79 Å². The number of nitrogens with one attached hydrogen (secondary N) is 1. The van der Waals surface area contributed by atoms with Crippen molar-refractivity contribution in [3.63, 3.8) is 0 Å². The van der Waals surface area contributed by atoms with Gasteiger partial charge in [-0.1, -0.05) is 53.2 Å². The van der Waals surface area contributed by atoms with Gasteiger partial charge in [0.15, 0.2) is 0 Å². The Morgan fingerprint density at radius 1 is 1.28 bits per heavy atom. The zero-order chi connectivity index (χ0) is 25.6. The van der Waals surface area contributed by atoms with Crippen LogP contribution in [0, 0.1) is 17.3 Å². The Labute approximate surface area is 226 Å². The molecule has 3 unspecified atom stereocenters. The smallest absolute Gasteiger partial charge is 0.413 e. The number of thioether (sulfide) groups is 2. The second-order valence-electron chi connectivity index (χ2n) is 8.69. The van der Waals surface area contributed by atoms with Crippen LogP contribution in [-0.2, 0) is 16.6 Å². The van der Waals surface area contributed by atoms with Crippen LogP contribution >= 0.6 is 46.7 Å². The maximum absolute atomic E-state index is 12.6.